The third kappa shape index (κ3) is 5.73. The summed E-state index contributed by atoms with van der Waals surface area (Å²) in [5, 5.41) is 9.74. The van der Waals surface area contributed by atoms with Crippen LogP contribution in [0.5, 0.6) is 0 Å². The van der Waals surface area contributed by atoms with E-state index in [9.17, 15) is 14.0 Å². The van der Waals surface area contributed by atoms with Crippen LogP contribution in [-0.2, 0) is 16.6 Å². The van der Waals surface area contributed by atoms with Gasteiger partial charge in [-0.3, -0.25) is 14.9 Å². The Labute approximate surface area is 204 Å². The minimum Gasteiger partial charge on any atom is -0.302 e. The van der Waals surface area contributed by atoms with Crippen LogP contribution >= 0.6 is 22.7 Å². The minimum atomic E-state index is -0.607. The van der Waals surface area contributed by atoms with Crippen molar-refractivity contribution in [1.82, 2.24) is 9.97 Å². The van der Waals surface area contributed by atoms with Gasteiger partial charge in [0.25, 0.3) is 5.91 Å². The van der Waals surface area contributed by atoms with E-state index in [0.717, 1.165) is 11.3 Å². The summed E-state index contributed by atoms with van der Waals surface area (Å²) in [5.41, 5.74) is 3.54. The van der Waals surface area contributed by atoms with Gasteiger partial charge in [-0.25, -0.2) is 14.4 Å². The number of hydrogen-bond donors (Lipinski definition) is 2. The summed E-state index contributed by atoms with van der Waals surface area (Å²) >= 11 is 2.52. The molecule has 0 atom stereocenters. The number of thiazole rings is 2. The highest BCUT2D eigenvalue weighted by Crippen LogP contribution is 2.28. The Balaban J connectivity index is 1.34. The first-order valence-electron chi connectivity index (χ1n) is 10.6. The number of nitrogens with one attached hydrogen (secondary N) is 2. The van der Waals surface area contributed by atoms with E-state index in [0.29, 0.717) is 16.0 Å². The molecule has 0 aliphatic carbocycles. The summed E-state index contributed by atoms with van der Waals surface area (Å²) in [5.74, 6) is -1.46. The zero-order valence-corrected chi connectivity index (χ0v) is 20.5. The van der Waals surface area contributed by atoms with Crippen molar-refractivity contribution in [3.8, 4) is 11.3 Å². The largest absolute Gasteiger partial charge is 0.302 e. The van der Waals surface area contributed by atoms with E-state index in [1.165, 1.54) is 46.4 Å². The Morgan fingerprint density at radius 3 is 2.29 bits per heavy atom. The number of carbonyl (C=O) groups is 2. The maximum absolute atomic E-state index is 13.8. The van der Waals surface area contributed by atoms with Crippen molar-refractivity contribution in [2.75, 3.05) is 10.6 Å². The number of amides is 2. The van der Waals surface area contributed by atoms with Crippen molar-refractivity contribution in [2.45, 2.75) is 32.6 Å². The number of aromatic nitrogens is 2. The predicted molar refractivity (Wildman–Crippen MR) is 135 cm³/mol. The predicted octanol–water partition coefficient (Wildman–Crippen LogP) is 6.14. The second-order valence-electron chi connectivity index (χ2n) is 8.67. The molecular weight excluding hydrogens is 471 g/mol. The summed E-state index contributed by atoms with van der Waals surface area (Å²) in [4.78, 5) is 33.5. The number of nitrogens with zero attached hydrogens (tertiary/aromatic N) is 2. The van der Waals surface area contributed by atoms with Crippen molar-refractivity contribution in [1.29, 1.82) is 0 Å². The molecule has 9 heteroatoms. The van der Waals surface area contributed by atoms with Gasteiger partial charge in [0.15, 0.2) is 10.3 Å². The molecule has 4 aromatic rings. The summed E-state index contributed by atoms with van der Waals surface area (Å²) in [6.45, 7) is 6.50. The Morgan fingerprint density at radius 1 is 0.912 bits per heavy atom. The quantitative estimate of drug-likeness (QED) is 0.337. The minimum absolute atomic E-state index is 0.0290. The molecule has 174 valence electrons. The highest BCUT2D eigenvalue weighted by molar-refractivity contribution is 7.14. The highest BCUT2D eigenvalue weighted by Gasteiger charge is 2.16. The van der Waals surface area contributed by atoms with Crippen LogP contribution in [0.15, 0.2) is 59.3 Å². The molecule has 0 saturated carbocycles. The molecule has 0 fully saturated rings. The average molecular weight is 495 g/mol. The molecule has 0 aliphatic rings. The lowest BCUT2D eigenvalue weighted by Gasteiger charge is -2.18. The van der Waals surface area contributed by atoms with Crippen LogP contribution < -0.4 is 10.6 Å². The summed E-state index contributed by atoms with van der Waals surface area (Å²) in [7, 11) is 0. The summed E-state index contributed by atoms with van der Waals surface area (Å²) in [6, 6.07) is 14.0. The maximum atomic E-state index is 13.8. The Bertz CT molecular complexity index is 1320. The smallest absolute Gasteiger partial charge is 0.260 e. The van der Waals surface area contributed by atoms with Crippen molar-refractivity contribution in [3.05, 3.63) is 81.9 Å². The molecule has 0 saturated heterocycles. The van der Waals surface area contributed by atoms with Crippen LogP contribution in [0.25, 0.3) is 11.3 Å². The van der Waals surface area contributed by atoms with Crippen molar-refractivity contribution in [3.63, 3.8) is 0 Å². The molecule has 0 radical (unpaired) electrons. The van der Waals surface area contributed by atoms with Crippen LogP contribution in [0.1, 0.15) is 42.4 Å². The van der Waals surface area contributed by atoms with E-state index in [4.69, 9.17) is 0 Å². The topological polar surface area (TPSA) is 84.0 Å². The molecule has 0 unspecified atom stereocenters. The normalized spacial score (nSPS) is 11.3. The number of carbonyl (C=O) groups excluding carboxylic acids is 2. The van der Waals surface area contributed by atoms with Gasteiger partial charge in [0.1, 0.15) is 5.82 Å². The molecule has 4 rings (SSSR count). The van der Waals surface area contributed by atoms with Crippen LogP contribution in [0.2, 0.25) is 0 Å². The first kappa shape index (κ1) is 23.7. The number of hydrogen-bond acceptors (Lipinski definition) is 6. The van der Waals surface area contributed by atoms with E-state index in [1.54, 1.807) is 11.4 Å². The zero-order valence-electron chi connectivity index (χ0n) is 18.9. The van der Waals surface area contributed by atoms with Crippen LogP contribution in [0, 0.1) is 5.82 Å². The molecule has 2 aromatic carbocycles. The first-order valence-corrected chi connectivity index (χ1v) is 12.3. The van der Waals surface area contributed by atoms with Crippen molar-refractivity contribution >= 4 is 44.8 Å². The lowest BCUT2D eigenvalue weighted by atomic mass is 9.86. The van der Waals surface area contributed by atoms with Crippen molar-refractivity contribution in [2.24, 2.45) is 0 Å². The molecule has 6 nitrogen and oxygen atoms in total. The average Bonchev–Trinajstić information content (AvgIpc) is 3.43. The third-order valence-electron chi connectivity index (χ3n) is 5.03. The van der Waals surface area contributed by atoms with Gasteiger partial charge >= 0.3 is 0 Å². The van der Waals surface area contributed by atoms with Gasteiger partial charge in [0.05, 0.1) is 23.4 Å². The van der Waals surface area contributed by atoms with Gasteiger partial charge in [-0.05, 0) is 23.1 Å². The molecule has 2 N–H and O–H groups in total. The fraction of sp³-hybridized carbons (Fsp3) is 0.200. The van der Waals surface area contributed by atoms with Gasteiger partial charge in [-0.15, -0.1) is 22.7 Å². The Kier molecular flexibility index (Phi) is 6.85. The lowest BCUT2D eigenvalue weighted by Crippen LogP contribution is -2.15. The standard InChI is InChI=1S/C25H23FN4O2S2/c1-25(2,3)16-10-8-15(9-11-16)20-14-34-24(28-20)29-21(31)12-17-13-33-23(27-17)30-22(32)18-6-4-5-7-19(18)26/h4-11,13-14H,12H2,1-3H3,(H,27,30,32)(H,28,29,31). The van der Waals surface area contributed by atoms with E-state index in [2.05, 4.69) is 53.5 Å². The lowest BCUT2D eigenvalue weighted by molar-refractivity contribution is -0.115. The van der Waals surface area contributed by atoms with Crippen LogP contribution in [0.3, 0.4) is 0 Å². The monoisotopic (exact) mass is 494 g/mol. The third-order valence-corrected chi connectivity index (χ3v) is 6.59. The van der Waals surface area contributed by atoms with Gasteiger partial charge in [0, 0.05) is 16.3 Å². The fourth-order valence-electron chi connectivity index (χ4n) is 3.19. The molecule has 2 aromatic heterocycles. The second-order valence-corrected chi connectivity index (χ2v) is 10.4. The van der Waals surface area contributed by atoms with E-state index < -0.39 is 11.7 Å². The van der Waals surface area contributed by atoms with Crippen LogP contribution in [-0.4, -0.2) is 21.8 Å². The molecule has 0 spiro atoms. The molecule has 34 heavy (non-hydrogen) atoms. The van der Waals surface area contributed by atoms with E-state index in [1.807, 2.05) is 17.5 Å². The van der Waals surface area contributed by atoms with Crippen LogP contribution in [0.4, 0.5) is 14.7 Å². The fourth-order valence-corrected chi connectivity index (χ4v) is 4.63. The molecular formula is C25H23FN4O2S2. The molecule has 2 amide bonds. The first-order chi connectivity index (χ1) is 16.2. The zero-order chi connectivity index (χ0) is 24.3. The summed E-state index contributed by atoms with van der Waals surface area (Å²) in [6.07, 6.45) is 0.0290. The number of benzene rings is 2. The molecule has 0 aliphatic heterocycles. The van der Waals surface area contributed by atoms with Gasteiger partial charge < -0.3 is 5.32 Å². The number of halogens is 1. The SMILES string of the molecule is CC(C)(C)c1ccc(-c2csc(NC(=O)Cc3csc(NC(=O)c4ccccc4F)n3)n2)cc1. The van der Waals surface area contributed by atoms with Crippen molar-refractivity contribution < 1.29 is 14.0 Å². The van der Waals surface area contributed by atoms with E-state index >= 15 is 0 Å². The molecule has 2 heterocycles. The number of anilines is 2. The maximum Gasteiger partial charge on any atom is 0.260 e. The van der Waals surface area contributed by atoms with Gasteiger partial charge in [-0.2, -0.15) is 0 Å². The molecule has 0 bridgehead atoms. The Hall–Kier alpha value is -3.43. The highest BCUT2D eigenvalue weighted by atomic mass is 32.1. The summed E-state index contributed by atoms with van der Waals surface area (Å²) < 4.78 is 13.8. The van der Waals surface area contributed by atoms with Gasteiger partial charge in [0.2, 0.25) is 5.91 Å². The number of rotatable bonds is 6. The van der Waals surface area contributed by atoms with Gasteiger partial charge in [-0.1, -0.05) is 57.2 Å². The second kappa shape index (κ2) is 9.82. The van der Waals surface area contributed by atoms with E-state index in [-0.39, 0.29) is 23.3 Å². The Morgan fingerprint density at radius 2 is 1.59 bits per heavy atom.